The predicted octanol–water partition coefficient (Wildman–Crippen LogP) is 3.82. The van der Waals surface area contributed by atoms with Gasteiger partial charge in [0.25, 0.3) is 5.69 Å². The van der Waals surface area contributed by atoms with Gasteiger partial charge in [0.2, 0.25) is 11.7 Å². The van der Waals surface area contributed by atoms with E-state index in [0.717, 1.165) is 12.1 Å². The number of ketones is 1. The molecule has 1 aliphatic heterocycles. The van der Waals surface area contributed by atoms with Gasteiger partial charge in [0.1, 0.15) is 5.82 Å². The Balaban J connectivity index is 1.72. The van der Waals surface area contributed by atoms with Crippen molar-refractivity contribution in [2.75, 3.05) is 17.3 Å². The van der Waals surface area contributed by atoms with Crippen LogP contribution in [0.15, 0.2) is 42.5 Å². The molecule has 0 N–H and O–H groups in total. The number of aryl methyl sites for hydroxylation is 1. The Hall–Kier alpha value is -3.33. The average Bonchev–Trinajstić information content (AvgIpc) is 3.15. The molecule has 1 saturated heterocycles. The number of hydrogen-bond donors (Lipinski definition) is 0. The van der Waals surface area contributed by atoms with Gasteiger partial charge in [0.05, 0.1) is 16.5 Å². The number of carbonyl (C=O) groups excluding carboxylic acids is 3. The van der Waals surface area contributed by atoms with Crippen molar-refractivity contribution in [3.63, 3.8) is 0 Å². The Morgan fingerprint density at radius 3 is 2.59 bits per heavy atom. The van der Waals surface area contributed by atoms with Crippen molar-refractivity contribution < 1.29 is 28.4 Å². The maximum absolute atomic E-state index is 13.1. The van der Waals surface area contributed by atoms with E-state index in [4.69, 9.17) is 16.3 Å². The zero-order valence-corrected chi connectivity index (χ0v) is 17.9. The van der Waals surface area contributed by atoms with Gasteiger partial charge in [-0.2, -0.15) is 0 Å². The van der Waals surface area contributed by atoms with Crippen molar-refractivity contribution in [1.29, 1.82) is 0 Å². The van der Waals surface area contributed by atoms with E-state index in [1.165, 1.54) is 29.2 Å². The minimum atomic E-state index is -1.17. The zero-order valence-electron chi connectivity index (χ0n) is 17.1. The Kier molecular flexibility index (Phi) is 7.19. The second-order valence-electron chi connectivity index (χ2n) is 7.41. The van der Waals surface area contributed by atoms with Gasteiger partial charge < -0.3 is 9.64 Å². The van der Waals surface area contributed by atoms with Gasteiger partial charge in [0.15, 0.2) is 6.10 Å². The number of hydrogen-bond acceptors (Lipinski definition) is 6. The summed E-state index contributed by atoms with van der Waals surface area (Å²) in [7, 11) is 0. The number of anilines is 1. The predicted molar refractivity (Wildman–Crippen MR) is 114 cm³/mol. The van der Waals surface area contributed by atoms with Gasteiger partial charge in [-0.3, -0.25) is 24.5 Å². The molecule has 0 saturated carbocycles. The van der Waals surface area contributed by atoms with Crippen molar-refractivity contribution in [2.24, 2.45) is 5.92 Å². The van der Waals surface area contributed by atoms with Crippen molar-refractivity contribution >= 4 is 40.6 Å². The zero-order chi connectivity index (χ0) is 23.4. The minimum Gasteiger partial charge on any atom is -0.454 e. The summed E-state index contributed by atoms with van der Waals surface area (Å²) >= 11 is 5.75. The lowest BCUT2D eigenvalue weighted by molar-refractivity contribution is -0.385. The SMILES string of the molecule is Cc1ccc(N2C[C@H](C(=O)O[C@@H](CCCl)C(=O)c3ccc(F)cc3)CC2=O)cc1[N+](=O)[O-]. The number of alkyl halides is 1. The molecule has 1 aliphatic rings. The summed E-state index contributed by atoms with van der Waals surface area (Å²) in [6.07, 6.45) is -1.27. The highest BCUT2D eigenvalue weighted by Gasteiger charge is 2.38. The quantitative estimate of drug-likeness (QED) is 0.194. The molecule has 0 spiro atoms. The van der Waals surface area contributed by atoms with Crippen LogP contribution in [0.4, 0.5) is 15.8 Å². The van der Waals surface area contributed by atoms with Crippen LogP contribution in [-0.4, -0.2) is 41.1 Å². The summed E-state index contributed by atoms with van der Waals surface area (Å²) in [5.74, 6) is -2.95. The minimum absolute atomic E-state index is 0.0315. The third-order valence-corrected chi connectivity index (χ3v) is 5.43. The molecule has 0 radical (unpaired) electrons. The van der Waals surface area contributed by atoms with E-state index < -0.39 is 34.5 Å². The number of carbonyl (C=O) groups is 3. The van der Waals surface area contributed by atoms with Gasteiger partial charge in [-0.15, -0.1) is 11.6 Å². The maximum atomic E-state index is 13.1. The molecule has 0 unspecified atom stereocenters. The van der Waals surface area contributed by atoms with E-state index in [2.05, 4.69) is 0 Å². The molecular weight excluding hydrogens is 443 g/mol. The van der Waals surface area contributed by atoms with Crippen LogP contribution in [0.1, 0.15) is 28.8 Å². The Morgan fingerprint density at radius 2 is 1.97 bits per heavy atom. The molecule has 2 aromatic rings. The molecule has 2 aromatic carbocycles. The number of Topliss-reactive ketones (excluding diaryl/α,β-unsaturated/α-hetero) is 1. The van der Waals surface area contributed by atoms with E-state index in [0.29, 0.717) is 11.3 Å². The molecule has 2 atom stereocenters. The van der Waals surface area contributed by atoms with Gasteiger partial charge in [-0.25, -0.2) is 4.39 Å². The van der Waals surface area contributed by atoms with E-state index in [-0.39, 0.29) is 42.4 Å². The second kappa shape index (κ2) is 9.86. The third-order valence-electron chi connectivity index (χ3n) is 5.21. The molecule has 3 rings (SSSR count). The van der Waals surface area contributed by atoms with Crippen LogP contribution in [0, 0.1) is 28.8 Å². The number of benzene rings is 2. The molecule has 1 heterocycles. The van der Waals surface area contributed by atoms with Gasteiger partial charge in [-0.1, -0.05) is 6.07 Å². The molecular formula is C22H20ClFN2O6. The molecule has 0 aromatic heterocycles. The fraction of sp³-hybridized carbons (Fsp3) is 0.318. The van der Waals surface area contributed by atoms with Crippen molar-refractivity contribution in [1.82, 2.24) is 0 Å². The lowest BCUT2D eigenvalue weighted by atomic mass is 10.0. The molecule has 168 valence electrons. The summed E-state index contributed by atoms with van der Waals surface area (Å²) in [6.45, 7) is 1.55. The summed E-state index contributed by atoms with van der Waals surface area (Å²) in [5.41, 5.74) is 0.797. The lowest BCUT2D eigenvalue weighted by Gasteiger charge is -2.19. The third kappa shape index (κ3) is 5.11. The van der Waals surface area contributed by atoms with Crippen LogP contribution in [0.3, 0.4) is 0 Å². The number of nitro benzene ring substituents is 1. The van der Waals surface area contributed by atoms with Gasteiger partial charge in [0, 0.05) is 42.5 Å². The first-order chi connectivity index (χ1) is 15.2. The van der Waals surface area contributed by atoms with Gasteiger partial charge >= 0.3 is 5.97 Å². The number of esters is 1. The highest BCUT2D eigenvalue weighted by molar-refractivity contribution is 6.18. The van der Waals surface area contributed by atoms with Crippen LogP contribution in [0.2, 0.25) is 0 Å². The normalized spacial score (nSPS) is 16.7. The highest BCUT2D eigenvalue weighted by atomic mass is 35.5. The van der Waals surface area contributed by atoms with Crippen LogP contribution in [0.25, 0.3) is 0 Å². The van der Waals surface area contributed by atoms with Gasteiger partial charge in [-0.05, 0) is 37.3 Å². The molecule has 10 heteroatoms. The summed E-state index contributed by atoms with van der Waals surface area (Å²) in [4.78, 5) is 49.8. The van der Waals surface area contributed by atoms with E-state index >= 15 is 0 Å². The summed E-state index contributed by atoms with van der Waals surface area (Å²) in [6, 6.07) is 9.22. The Bertz CT molecular complexity index is 1060. The Morgan fingerprint density at radius 1 is 1.28 bits per heavy atom. The number of halogens is 2. The smallest absolute Gasteiger partial charge is 0.312 e. The number of ether oxygens (including phenoxy) is 1. The maximum Gasteiger partial charge on any atom is 0.312 e. The largest absolute Gasteiger partial charge is 0.454 e. The van der Waals surface area contributed by atoms with Crippen molar-refractivity contribution in [3.05, 3.63) is 69.5 Å². The van der Waals surface area contributed by atoms with E-state index in [9.17, 15) is 28.9 Å². The first-order valence-corrected chi connectivity index (χ1v) is 10.4. The standard InChI is InChI=1S/C22H20ClFN2O6/c1-13-2-7-17(11-18(13)26(30)31)25-12-15(10-20(25)27)22(29)32-19(8-9-23)21(28)14-3-5-16(24)6-4-14/h2-7,11,15,19H,8-10,12H2,1H3/t15-,19+/m1/s1. The van der Waals surface area contributed by atoms with E-state index in [1.807, 2.05) is 0 Å². The Labute approximate surface area is 188 Å². The van der Waals surface area contributed by atoms with E-state index in [1.54, 1.807) is 13.0 Å². The fourth-order valence-corrected chi connectivity index (χ4v) is 3.65. The lowest BCUT2D eigenvalue weighted by Crippen LogP contribution is -2.32. The fourth-order valence-electron chi connectivity index (χ4n) is 3.46. The number of amides is 1. The van der Waals surface area contributed by atoms with Crippen LogP contribution in [-0.2, 0) is 14.3 Å². The number of rotatable bonds is 8. The first-order valence-electron chi connectivity index (χ1n) is 9.83. The van der Waals surface area contributed by atoms with Crippen molar-refractivity contribution in [2.45, 2.75) is 25.9 Å². The molecule has 0 aliphatic carbocycles. The molecule has 8 nitrogen and oxygen atoms in total. The first kappa shape index (κ1) is 23.3. The van der Waals surface area contributed by atoms with Crippen LogP contribution < -0.4 is 4.90 Å². The van der Waals surface area contributed by atoms with Crippen molar-refractivity contribution in [3.8, 4) is 0 Å². The monoisotopic (exact) mass is 462 g/mol. The highest BCUT2D eigenvalue weighted by Crippen LogP contribution is 2.30. The average molecular weight is 463 g/mol. The summed E-state index contributed by atoms with van der Waals surface area (Å²) < 4.78 is 18.5. The molecule has 0 bridgehead atoms. The molecule has 32 heavy (non-hydrogen) atoms. The summed E-state index contributed by atoms with van der Waals surface area (Å²) in [5, 5.41) is 11.2. The molecule has 1 fully saturated rings. The number of nitrogens with zero attached hydrogens (tertiary/aromatic N) is 2. The number of nitro groups is 1. The molecule has 1 amide bonds. The topological polar surface area (TPSA) is 107 Å². The van der Waals surface area contributed by atoms with Crippen LogP contribution in [0.5, 0.6) is 0 Å². The second-order valence-corrected chi connectivity index (χ2v) is 7.79. The van der Waals surface area contributed by atoms with Crippen LogP contribution >= 0.6 is 11.6 Å².